The number of hydrogen-bond acceptors (Lipinski definition) is 1. The van der Waals surface area contributed by atoms with Crippen LogP contribution in [0, 0.1) is 17.3 Å². The maximum atomic E-state index is 13.2. The van der Waals surface area contributed by atoms with Gasteiger partial charge in [0.05, 0.1) is 0 Å². The lowest BCUT2D eigenvalue weighted by Crippen LogP contribution is -2.27. The first kappa shape index (κ1) is 11.6. The van der Waals surface area contributed by atoms with Crippen LogP contribution in [0.2, 0.25) is 0 Å². The van der Waals surface area contributed by atoms with E-state index in [9.17, 15) is 13.6 Å². The first-order valence-corrected chi connectivity index (χ1v) is 5.02. The van der Waals surface area contributed by atoms with Crippen LogP contribution < -0.4 is 0 Å². The largest absolute Gasteiger partial charge is 0.300 e. The van der Waals surface area contributed by atoms with Crippen LogP contribution in [-0.4, -0.2) is 11.7 Å². The maximum absolute atomic E-state index is 13.2. The molecule has 0 N–H and O–H groups in total. The fraction of sp³-hybridized carbons (Fsp3) is 0.909. The summed E-state index contributed by atoms with van der Waals surface area (Å²) in [5, 5.41) is 0. The molecule has 0 aromatic heterocycles. The summed E-state index contributed by atoms with van der Waals surface area (Å²) in [6, 6.07) is 0. The van der Waals surface area contributed by atoms with Crippen LogP contribution in [0.15, 0.2) is 0 Å². The van der Waals surface area contributed by atoms with Crippen molar-refractivity contribution in [3.8, 4) is 0 Å². The minimum atomic E-state index is -2.64. The number of ketones is 1. The van der Waals surface area contributed by atoms with Crippen LogP contribution in [0.25, 0.3) is 0 Å². The second-order valence-corrected chi connectivity index (χ2v) is 5.45. The number of hydrogen-bond donors (Lipinski definition) is 0. The maximum Gasteiger partial charge on any atom is 0.249 e. The molecule has 0 saturated heterocycles. The molecule has 1 saturated carbocycles. The van der Waals surface area contributed by atoms with E-state index in [2.05, 4.69) is 0 Å². The lowest BCUT2D eigenvalue weighted by molar-refractivity contribution is -0.123. The molecule has 0 aromatic rings. The van der Waals surface area contributed by atoms with Crippen molar-refractivity contribution in [1.82, 2.24) is 0 Å². The van der Waals surface area contributed by atoms with Crippen LogP contribution in [0.4, 0.5) is 8.78 Å². The van der Waals surface area contributed by atoms with E-state index in [4.69, 9.17) is 0 Å². The van der Waals surface area contributed by atoms with Crippen LogP contribution in [0.5, 0.6) is 0 Å². The van der Waals surface area contributed by atoms with Gasteiger partial charge in [0.1, 0.15) is 5.78 Å². The highest BCUT2D eigenvalue weighted by molar-refractivity contribution is 5.79. The van der Waals surface area contributed by atoms with E-state index in [0.717, 1.165) is 0 Å². The Morgan fingerprint density at radius 1 is 1.29 bits per heavy atom. The lowest BCUT2D eigenvalue weighted by Gasteiger charge is -2.30. The summed E-state index contributed by atoms with van der Waals surface area (Å²) in [6.07, 6.45) is -0.398. The van der Waals surface area contributed by atoms with Gasteiger partial charge >= 0.3 is 0 Å². The fourth-order valence-electron chi connectivity index (χ4n) is 2.35. The highest BCUT2D eigenvalue weighted by atomic mass is 19.3. The standard InChI is InChI=1S/C11H18F2O/c1-7(14)8-5-11(12,13)6-9(8)10(2,3)4/h8-9H,5-6H2,1-4H3. The number of alkyl halides is 2. The van der Waals surface area contributed by atoms with Gasteiger partial charge in [-0.2, -0.15) is 0 Å². The zero-order valence-electron chi connectivity index (χ0n) is 9.23. The third kappa shape index (κ3) is 2.31. The molecule has 0 aromatic carbocycles. The Morgan fingerprint density at radius 3 is 2.07 bits per heavy atom. The Balaban J connectivity index is 2.89. The molecule has 0 heterocycles. The fourth-order valence-corrected chi connectivity index (χ4v) is 2.35. The predicted molar refractivity (Wildman–Crippen MR) is 51.3 cm³/mol. The summed E-state index contributed by atoms with van der Waals surface area (Å²) in [6.45, 7) is 7.20. The molecule has 0 aliphatic heterocycles. The van der Waals surface area contributed by atoms with Gasteiger partial charge in [-0.15, -0.1) is 0 Å². The first-order valence-electron chi connectivity index (χ1n) is 5.02. The number of halogens is 2. The molecule has 14 heavy (non-hydrogen) atoms. The molecule has 3 heteroatoms. The van der Waals surface area contributed by atoms with Gasteiger partial charge in [0, 0.05) is 18.8 Å². The third-order valence-corrected chi connectivity index (χ3v) is 3.16. The predicted octanol–water partition coefficient (Wildman–Crippen LogP) is 3.28. The quantitative estimate of drug-likeness (QED) is 0.640. The molecular weight excluding hydrogens is 186 g/mol. The highest BCUT2D eigenvalue weighted by Crippen LogP contribution is 2.50. The van der Waals surface area contributed by atoms with Crippen molar-refractivity contribution in [2.24, 2.45) is 17.3 Å². The Morgan fingerprint density at radius 2 is 1.79 bits per heavy atom. The van der Waals surface area contributed by atoms with Crippen molar-refractivity contribution in [2.75, 3.05) is 0 Å². The van der Waals surface area contributed by atoms with Crippen molar-refractivity contribution in [2.45, 2.75) is 46.5 Å². The topological polar surface area (TPSA) is 17.1 Å². The molecule has 1 fully saturated rings. The zero-order chi connectivity index (χ0) is 11.1. The van der Waals surface area contributed by atoms with Crippen LogP contribution in [0.1, 0.15) is 40.5 Å². The molecule has 2 unspecified atom stereocenters. The van der Waals surface area contributed by atoms with Crippen molar-refractivity contribution in [1.29, 1.82) is 0 Å². The van der Waals surface area contributed by atoms with Gasteiger partial charge in [-0.1, -0.05) is 20.8 Å². The Bertz CT molecular complexity index is 240. The molecule has 0 amide bonds. The molecule has 1 aliphatic carbocycles. The molecule has 1 nitrogen and oxygen atoms in total. The van der Waals surface area contributed by atoms with E-state index in [1.807, 2.05) is 20.8 Å². The van der Waals surface area contributed by atoms with Gasteiger partial charge in [-0.05, 0) is 18.3 Å². The monoisotopic (exact) mass is 204 g/mol. The van der Waals surface area contributed by atoms with Crippen molar-refractivity contribution in [3.05, 3.63) is 0 Å². The highest BCUT2D eigenvalue weighted by Gasteiger charge is 2.51. The molecule has 2 atom stereocenters. The van der Waals surface area contributed by atoms with Gasteiger partial charge in [0.15, 0.2) is 0 Å². The Labute approximate surface area is 83.9 Å². The Hall–Kier alpha value is -0.470. The zero-order valence-corrected chi connectivity index (χ0v) is 9.23. The number of carbonyl (C=O) groups is 1. The van der Waals surface area contributed by atoms with Crippen molar-refractivity contribution >= 4 is 5.78 Å². The van der Waals surface area contributed by atoms with E-state index in [1.54, 1.807) is 0 Å². The molecule has 1 aliphatic rings. The second-order valence-electron chi connectivity index (χ2n) is 5.45. The minimum Gasteiger partial charge on any atom is -0.300 e. The smallest absolute Gasteiger partial charge is 0.249 e. The van der Waals surface area contributed by atoms with Gasteiger partial charge in [0.2, 0.25) is 5.92 Å². The molecule has 82 valence electrons. The average Bonchev–Trinajstić information content (AvgIpc) is 2.24. The summed E-state index contributed by atoms with van der Waals surface area (Å²) in [7, 11) is 0. The van der Waals surface area contributed by atoms with Gasteiger partial charge in [-0.25, -0.2) is 8.78 Å². The van der Waals surface area contributed by atoms with E-state index >= 15 is 0 Å². The van der Waals surface area contributed by atoms with E-state index in [0.29, 0.717) is 0 Å². The molecule has 1 rings (SSSR count). The molecule has 0 radical (unpaired) electrons. The van der Waals surface area contributed by atoms with Gasteiger partial charge in [-0.3, -0.25) is 4.79 Å². The van der Waals surface area contributed by atoms with Gasteiger partial charge < -0.3 is 0 Å². The van der Waals surface area contributed by atoms with Crippen LogP contribution in [-0.2, 0) is 4.79 Å². The molecule has 0 spiro atoms. The number of carbonyl (C=O) groups excluding carboxylic acids is 1. The Kier molecular flexibility index (Phi) is 2.72. The number of rotatable bonds is 1. The minimum absolute atomic E-state index is 0.0953. The van der Waals surface area contributed by atoms with E-state index in [1.165, 1.54) is 6.92 Å². The van der Waals surface area contributed by atoms with E-state index < -0.39 is 11.8 Å². The summed E-state index contributed by atoms with van der Waals surface area (Å²) in [5.41, 5.74) is -0.212. The number of Topliss-reactive ketones (excluding diaryl/α,β-unsaturated/α-hetero) is 1. The first-order chi connectivity index (χ1) is 6.13. The second kappa shape index (κ2) is 3.28. The van der Waals surface area contributed by atoms with Crippen molar-refractivity contribution in [3.63, 3.8) is 0 Å². The van der Waals surface area contributed by atoms with Crippen LogP contribution in [0.3, 0.4) is 0 Å². The van der Waals surface area contributed by atoms with Crippen LogP contribution >= 0.6 is 0 Å². The van der Waals surface area contributed by atoms with Gasteiger partial charge in [0.25, 0.3) is 0 Å². The summed E-state index contributed by atoms with van der Waals surface area (Å²) in [4.78, 5) is 11.3. The molecular formula is C11H18F2O. The third-order valence-electron chi connectivity index (χ3n) is 3.16. The summed E-state index contributed by atoms with van der Waals surface area (Å²) >= 11 is 0. The lowest BCUT2D eigenvalue weighted by atomic mass is 9.74. The van der Waals surface area contributed by atoms with Crippen molar-refractivity contribution < 1.29 is 13.6 Å². The normalized spacial score (nSPS) is 31.9. The SMILES string of the molecule is CC(=O)C1CC(F)(F)CC1C(C)(C)C. The molecule has 0 bridgehead atoms. The average molecular weight is 204 g/mol. The summed E-state index contributed by atoms with van der Waals surface area (Å²) in [5.74, 6) is -3.38. The summed E-state index contributed by atoms with van der Waals surface area (Å²) < 4.78 is 26.4. The van der Waals surface area contributed by atoms with E-state index in [-0.39, 0.29) is 30.0 Å².